The number of benzene rings is 2. The molecule has 0 aliphatic carbocycles. The molecule has 2 aromatic carbocycles. The van der Waals surface area contributed by atoms with Crippen LogP contribution in [0.2, 0.25) is 0 Å². The number of carbonyl (C=O) groups excluding carboxylic acids is 2. The lowest BCUT2D eigenvalue weighted by Gasteiger charge is -2.33. The molecule has 0 saturated carbocycles. The number of H-pyrrole nitrogens is 1. The van der Waals surface area contributed by atoms with Gasteiger partial charge in [0.15, 0.2) is 0 Å². The number of hydrogen-bond acceptors (Lipinski definition) is 8. The second kappa shape index (κ2) is 12.0. The van der Waals surface area contributed by atoms with E-state index in [4.69, 9.17) is 0 Å². The maximum absolute atomic E-state index is 13.0. The van der Waals surface area contributed by atoms with E-state index in [9.17, 15) is 14.4 Å². The van der Waals surface area contributed by atoms with Gasteiger partial charge in [-0.3, -0.25) is 19.3 Å². The quantitative estimate of drug-likeness (QED) is 0.294. The molecule has 4 aromatic rings. The Labute approximate surface area is 244 Å². The Morgan fingerprint density at radius 2 is 1.81 bits per heavy atom. The molecule has 1 fully saturated rings. The van der Waals surface area contributed by atoms with Gasteiger partial charge in [-0.25, -0.2) is 4.68 Å². The molecule has 0 radical (unpaired) electrons. The molecular weight excluding hydrogens is 534 g/mol. The van der Waals surface area contributed by atoms with Crippen molar-refractivity contribution in [2.45, 2.75) is 24.9 Å². The van der Waals surface area contributed by atoms with Gasteiger partial charge in [-0.05, 0) is 56.8 Å². The summed E-state index contributed by atoms with van der Waals surface area (Å²) in [6.45, 7) is 1.22. The minimum absolute atomic E-state index is 0.0210. The average Bonchev–Trinajstić information content (AvgIpc) is 3.41. The van der Waals surface area contributed by atoms with Crippen LogP contribution in [0.1, 0.15) is 34.9 Å². The van der Waals surface area contributed by atoms with Gasteiger partial charge < -0.3 is 25.4 Å². The van der Waals surface area contributed by atoms with Crippen LogP contribution in [0.3, 0.4) is 0 Å². The highest BCUT2D eigenvalue weighted by Gasteiger charge is 2.26. The summed E-state index contributed by atoms with van der Waals surface area (Å²) in [6.07, 6.45) is 1.67. The third-order valence-corrected chi connectivity index (χ3v) is 7.44. The largest absolute Gasteiger partial charge is 0.351 e. The zero-order valence-corrected chi connectivity index (χ0v) is 24.6. The molecule has 0 spiro atoms. The molecule has 2 amide bonds. The molecular formula is C30H37N9O3. The number of amides is 2. The molecule has 2 unspecified atom stereocenters. The molecule has 220 valence electrons. The van der Waals surface area contributed by atoms with Gasteiger partial charge in [-0.15, -0.1) is 5.10 Å². The summed E-state index contributed by atoms with van der Waals surface area (Å²) in [6, 6.07) is 16.5. The highest BCUT2D eigenvalue weighted by molar-refractivity contribution is 5.98. The topological polar surface area (TPSA) is 131 Å². The van der Waals surface area contributed by atoms with Crippen LogP contribution < -0.4 is 21.1 Å². The first-order valence-corrected chi connectivity index (χ1v) is 13.9. The molecule has 5 rings (SSSR count). The molecule has 1 saturated heterocycles. The highest BCUT2D eigenvalue weighted by Crippen LogP contribution is 2.24. The summed E-state index contributed by atoms with van der Waals surface area (Å²) in [5.74, 6) is 0.374. The highest BCUT2D eigenvalue weighted by atomic mass is 16.2. The van der Waals surface area contributed by atoms with Crippen molar-refractivity contribution in [3.8, 4) is 0 Å². The number of nitrogens with zero attached hydrogens (tertiary/aromatic N) is 6. The Kier molecular flexibility index (Phi) is 8.25. The van der Waals surface area contributed by atoms with Crippen LogP contribution in [0.15, 0.2) is 59.4 Å². The van der Waals surface area contributed by atoms with Gasteiger partial charge in [-0.2, -0.15) is 4.98 Å². The van der Waals surface area contributed by atoms with Crippen molar-refractivity contribution in [1.29, 1.82) is 0 Å². The van der Waals surface area contributed by atoms with Crippen LogP contribution >= 0.6 is 0 Å². The standard InChI is InChI=1S/C30H37N9O3/c1-36(2)25(28(41)37(3)4)19-12-14-21(15-13-19)31-26-29(42)38(5)35-30(34-26)39-16-8-10-22(18-39)32-27(40)24-17-20-9-6-7-11-23(20)33-24/h6-7,9,11-15,17,22,25,33H,8,10,16,18H2,1-5H3,(H,32,40)(H,31,34,35). The Morgan fingerprint density at radius 1 is 1.07 bits per heavy atom. The van der Waals surface area contributed by atoms with E-state index < -0.39 is 6.04 Å². The maximum atomic E-state index is 13.0. The average molecular weight is 572 g/mol. The van der Waals surface area contributed by atoms with Crippen molar-refractivity contribution >= 4 is 40.2 Å². The fourth-order valence-corrected chi connectivity index (χ4v) is 5.25. The number of piperidine rings is 1. The second-order valence-corrected chi connectivity index (χ2v) is 11.1. The van der Waals surface area contributed by atoms with Gasteiger partial charge in [-0.1, -0.05) is 30.3 Å². The van der Waals surface area contributed by atoms with E-state index in [0.717, 1.165) is 29.3 Å². The molecule has 2 aromatic heterocycles. The summed E-state index contributed by atoms with van der Waals surface area (Å²) >= 11 is 0. The predicted octanol–water partition coefficient (Wildman–Crippen LogP) is 2.49. The third kappa shape index (κ3) is 6.13. The van der Waals surface area contributed by atoms with Crippen molar-refractivity contribution in [1.82, 2.24) is 34.9 Å². The minimum atomic E-state index is -0.420. The number of carbonyl (C=O) groups is 2. The van der Waals surface area contributed by atoms with Gasteiger partial charge in [0, 0.05) is 56.9 Å². The summed E-state index contributed by atoms with van der Waals surface area (Å²) in [5.41, 5.74) is 2.58. The fraction of sp³-hybridized carbons (Fsp3) is 0.367. The van der Waals surface area contributed by atoms with Gasteiger partial charge in [0.05, 0.1) is 0 Å². The molecule has 12 heteroatoms. The monoisotopic (exact) mass is 571 g/mol. The number of nitrogens with one attached hydrogen (secondary N) is 3. The van der Waals surface area contributed by atoms with Crippen molar-refractivity contribution in [2.24, 2.45) is 7.05 Å². The number of aromatic amines is 1. The van der Waals surface area contributed by atoms with Crippen LogP contribution in [0, 0.1) is 0 Å². The van der Waals surface area contributed by atoms with E-state index in [0.29, 0.717) is 30.4 Å². The first-order chi connectivity index (χ1) is 20.1. The van der Waals surface area contributed by atoms with Gasteiger partial charge in [0.2, 0.25) is 17.7 Å². The van der Waals surface area contributed by atoms with Crippen molar-refractivity contribution in [2.75, 3.05) is 51.5 Å². The lowest BCUT2D eigenvalue weighted by atomic mass is 10.0. The first-order valence-electron chi connectivity index (χ1n) is 13.9. The zero-order valence-electron chi connectivity index (χ0n) is 24.6. The summed E-state index contributed by atoms with van der Waals surface area (Å²) in [7, 11) is 8.79. The van der Waals surface area contributed by atoms with Crippen LogP contribution in [0.4, 0.5) is 17.5 Å². The number of anilines is 3. The number of fused-ring (bicyclic) bond motifs is 1. The van der Waals surface area contributed by atoms with E-state index in [1.165, 1.54) is 4.68 Å². The van der Waals surface area contributed by atoms with Gasteiger partial charge in [0.1, 0.15) is 11.7 Å². The summed E-state index contributed by atoms with van der Waals surface area (Å²) < 4.78 is 1.27. The smallest absolute Gasteiger partial charge is 0.309 e. The lowest BCUT2D eigenvalue weighted by Crippen LogP contribution is -2.48. The Balaban J connectivity index is 1.29. The first kappa shape index (κ1) is 28.8. The van der Waals surface area contributed by atoms with E-state index in [1.807, 2.05) is 78.5 Å². The molecule has 0 bridgehead atoms. The van der Waals surface area contributed by atoms with E-state index >= 15 is 0 Å². The minimum Gasteiger partial charge on any atom is -0.351 e. The molecule has 12 nitrogen and oxygen atoms in total. The van der Waals surface area contributed by atoms with Crippen LogP contribution in [0.5, 0.6) is 0 Å². The van der Waals surface area contributed by atoms with Gasteiger partial charge >= 0.3 is 5.56 Å². The Bertz CT molecular complexity index is 1610. The normalized spacial score (nSPS) is 16.0. The number of hydrogen-bond donors (Lipinski definition) is 3. The van der Waals surface area contributed by atoms with E-state index in [2.05, 4.69) is 25.7 Å². The van der Waals surface area contributed by atoms with E-state index in [1.54, 1.807) is 26.0 Å². The van der Waals surface area contributed by atoms with Crippen molar-refractivity contribution < 1.29 is 9.59 Å². The Morgan fingerprint density at radius 3 is 2.50 bits per heavy atom. The third-order valence-electron chi connectivity index (χ3n) is 7.44. The zero-order chi connectivity index (χ0) is 30.0. The fourth-order valence-electron chi connectivity index (χ4n) is 5.25. The number of para-hydroxylation sites is 1. The molecule has 42 heavy (non-hydrogen) atoms. The van der Waals surface area contributed by atoms with Crippen LogP contribution in [0.25, 0.3) is 10.9 Å². The lowest BCUT2D eigenvalue weighted by molar-refractivity contribution is -0.133. The summed E-state index contributed by atoms with van der Waals surface area (Å²) in [4.78, 5) is 51.8. The van der Waals surface area contributed by atoms with E-state index in [-0.39, 0.29) is 29.2 Å². The van der Waals surface area contributed by atoms with Crippen LogP contribution in [-0.4, -0.2) is 88.7 Å². The van der Waals surface area contributed by atoms with Gasteiger partial charge in [0.25, 0.3) is 5.91 Å². The number of aryl methyl sites for hydroxylation is 1. The Hall–Kier alpha value is -4.71. The predicted molar refractivity (Wildman–Crippen MR) is 163 cm³/mol. The maximum Gasteiger partial charge on any atom is 0.309 e. The SMILES string of the molecule is CN(C)C(=O)C(c1ccc(Nc2nc(N3CCCC(NC(=O)c4cc5ccccc5[nH]4)C3)nn(C)c2=O)cc1)N(C)C. The van der Waals surface area contributed by atoms with Crippen molar-refractivity contribution in [3.05, 3.63) is 76.2 Å². The number of likely N-dealkylation sites (N-methyl/N-ethyl adjacent to an activating group) is 2. The molecule has 2 atom stereocenters. The number of rotatable bonds is 8. The molecule has 1 aliphatic rings. The van der Waals surface area contributed by atoms with Crippen LogP contribution in [-0.2, 0) is 11.8 Å². The molecule has 1 aliphatic heterocycles. The molecule has 3 N–H and O–H groups in total. The number of aromatic nitrogens is 4. The van der Waals surface area contributed by atoms with Crippen molar-refractivity contribution in [3.63, 3.8) is 0 Å². The molecule has 3 heterocycles. The second-order valence-electron chi connectivity index (χ2n) is 11.1. The summed E-state index contributed by atoms with van der Waals surface area (Å²) in [5, 5.41) is 11.6.